The number of rotatable bonds is 8. The second kappa shape index (κ2) is 10.7. The Morgan fingerprint density at radius 2 is 1.67 bits per heavy atom. The van der Waals surface area contributed by atoms with Crippen LogP contribution in [-0.4, -0.2) is 82.3 Å². The molecular formula is C28H34F2N8O4S. The molecule has 230 valence electrons. The van der Waals surface area contributed by atoms with Crippen LogP contribution in [-0.2, 0) is 14.8 Å². The summed E-state index contributed by atoms with van der Waals surface area (Å²) in [6, 6.07) is 5.09. The molecule has 1 saturated carbocycles. The highest BCUT2D eigenvalue weighted by Gasteiger charge is 2.45. The van der Waals surface area contributed by atoms with Gasteiger partial charge in [-0.3, -0.25) is 9.52 Å². The van der Waals surface area contributed by atoms with Crippen LogP contribution in [0.4, 0.5) is 26.1 Å². The minimum absolute atomic E-state index is 0.149. The third-order valence-electron chi connectivity index (χ3n) is 8.69. The molecule has 4 heterocycles. The number of carboxylic acids is 1. The number of aryl methyl sites for hydroxylation is 1. The highest BCUT2D eigenvalue weighted by Crippen LogP contribution is 2.54. The lowest BCUT2D eigenvalue weighted by Crippen LogP contribution is -2.40. The second-order valence-electron chi connectivity index (χ2n) is 11.9. The van der Waals surface area contributed by atoms with Crippen LogP contribution in [0.25, 0.3) is 17.1 Å². The van der Waals surface area contributed by atoms with Gasteiger partial charge < -0.3 is 14.9 Å². The fourth-order valence-electron chi connectivity index (χ4n) is 5.98. The Balaban J connectivity index is 1.34. The number of nitrogens with one attached hydrogen (secondary N) is 1. The molecule has 2 aromatic heterocycles. The predicted octanol–water partition coefficient (Wildman–Crippen LogP) is 3.78. The molecule has 0 unspecified atom stereocenters. The van der Waals surface area contributed by atoms with Crippen LogP contribution >= 0.6 is 0 Å². The lowest BCUT2D eigenvalue weighted by Gasteiger charge is -2.36. The van der Waals surface area contributed by atoms with E-state index in [9.17, 15) is 22.0 Å². The van der Waals surface area contributed by atoms with Gasteiger partial charge in [-0.05, 0) is 62.6 Å². The van der Waals surface area contributed by atoms with Gasteiger partial charge in [-0.25, -0.2) is 22.2 Å². The van der Waals surface area contributed by atoms with E-state index in [1.54, 1.807) is 36.2 Å². The van der Waals surface area contributed by atoms with E-state index in [1.807, 2.05) is 6.92 Å². The molecule has 1 aliphatic carbocycles. The summed E-state index contributed by atoms with van der Waals surface area (Å²) in [6.07, 6.45) is 5.64. The summed E-state index contributed by atoms with van der Waals surface area (Å²) in [5.74, 6) is -4.41. The second-order valence-corrected chi connectivity index (χ2v) is 13.6. The Labute approximate surface area is 248 Å². The zero-order valence-corrected chi connectivity index (χ0v) is 24.9. The molecule has 0 radical (unpaired) electrons. The molecule has 1 aromatic carbocycles. The lowest BCUT2D eigenvalue weighted by atomic mass is 9.92. The molecule has 3 aromatic rings. The maximum absolute atomic E-state index is 13.7. The van der Waals surface area contributed by atoms with E-state index in [0.717, 1.165) is 37.2 Å². The summed E-state index contributed by atoms with van der Waals surface area (Å²) in [7, 11) is -4.11. The van der Waals surface area contributed by atoms with Crippen molar-refractivity contribution in [2.75, 3.05) is 46.5 Å². The Hall–Kier alpha value is -3.88. The van der Waals surface area contributed by atoms with Crippen molar-refractivity contribution in [2.24, 2.45) is 5.41 Å². The van der Waals surface area contributed by atoms with Gasteiger partial charge in [0.2, 0.25) is 16.0 Å². The van der Waals surface area contributed by atoms with Gasteiger partial charge in [0.15, 0.2) is 11.6 Å². The third-order valence-corrected chi connectivity index (χ3v) is 9.84. The van der Waals surface area contributed by atoms with E-state index < -0.39 is 27.7 Å². The quantitative estimate of drug-likeness (QED) is 0.383. The first-order chi connectivity index (χ1) is 20.3. The van der Waals surface area contributed by atoms with Crippen molar-refractivity contribution in [1.29, 1.82) is 0 Å². The number of hydrogen-bond acceptors (Lipinski definition) is 9. The first-order valence-corrected chi connectivity index (χ1v) is 16.0. The van der Waals surface area contributed by atoms with E-state index in [0.29, 0.717) is 39.8 Å². The van der Waals surface area contributed by atoms with Crippen molar-refractivity contribution in [2.45, 2.75) is 58.3 Å². The topological polar surface area (TPSA) is 146 Å². The molecule has 2 saturated heterocycles. The molecule has 12 nitrogen and oxygen atoms in total. The molecule has 43 heavy (non-hydrogen) atoms. The SMILES string of the molecule is Cc1cc(-n2ncc(-c3ccc(NS(=O)(=O)CC(=O)O)c(C)c3N3CCC4(CC3)CC4)n2)nc(N2CCC(F)(F)CC2)n1. The molecule has 1 spiro atoms. The number of benzene rings is 1. The Morgan fingerprint density at radius 3 is 2.33 bits per heavy atom. The number of nitrogens with zero attached hydrogens (tertiary/aromatic N) is 7. The van der Waals surface area contributed by atoms with Crippen molar-refractivity contribution in [3.63, 3.8) is 0 Å². The largest absolute Gasteiger partial charge is 0.480 e. The van der Waals surface area contributed by atoms with Gasteiger partial charge in [0.1, 0.15) is 5.69 Å². The average Bonchev–Trinajstić information content (AvgIpc) is 3.49. The van der Waals surface area contributed by atoms with Crippen molar-refractivity contribution >= 4 is 33.3 Å². The van der Waals surface area contributed by atoms with Crippen molar-refractivity contribution < 1.29 is 27.1 Å². The number of aromatic nitrogens is 5. The van der Waals surface area contributed by atoms with Gasteiger partial charge in [-0.15, -0.1) is 9.90 Å². The van der Waals surface area contributed by atoms with Crippen LogP contribution in [0.2, 0.25) is 0 Å². The van der Waals surface area contributed by atoms with E-state index in [1.165, 1.54) is 17.6 Å². The molecule has 0 bridgehead atoms. The van der Waals surface area contributed by atoms with Gasteiger partial charge in [0, 0.05) is 56.3 Å². The molecule has 3 aliphatic rings. The fourth-order valence-corrected chi connectivity index (χ4v) is 6.94. The highest BCUT2D eigenvalue weighted by molar-refractivity contribution is 7.93. The van der Waals surface area contributed by atoms with Gasteiger partial charge in [-0.1, -0.05) is 0 Å². The maximum atomic E-state index is 13.7. The summed E-state index contributed by atoms with van der Waals surface area (Å²) in [4.78, 5) is 25.5. The predicted molar refractivity (Wildman–Crippen MR) is 156 cm³/mol. The number of carbonyl (C=O) groups is 1. The molecule has 15 heteroatoms. The summed E-state index contributed by atoms with van der Waals surface area (Å²) < 4.78 is 54.8. The molecule has 0 amide bonds. The van der Waals surface area contributed by atoms with Crippen LogP contribution in [0.1, 0.15) is 49.8 Å². The monoisotopic (exact) mass is 616 g/mol. The molecule has 6 rings (SSSR count). The third kappa shape index (κ3) is 6.26. The van der Waals surface area contributed by atoms with E-state index in [4.69, 9.17) is 10.2 Å². The average molecular weight is 617 g/mol. The van der Waals surface area contributed by atoms with Crippen molar-refractivity contribution in [1.82, 2.24) is 25.0 Å². The molecule has 2 N–H and O–H groups in total. The first-order valence-electron chi connectivity index (χ1n) is 14.3. The van der Waals surface area contributed by atoms with Crippen LogP contribution < -0.4 is 14.5 Å². The van der Waals surface area contributed by atoms with Crippen LogP contribution in [0.3, 0.4) is 0 Å². The van der Waals surface area contributed by atoms with Gasteiger partial charge >= 0.3 is 5.97 Å². The maximum Gasteiger partial charge on any atom is 0.320 e. The number of aliphatic carboxylic acids is 1. The summed E-state index contributed by atoms with van der Waals surface area (Å²) >= 11 is 0. The number of piperidine rings is 2. The van der Waals surface area contributed by atoms with Crippen LogP contribution in [0.15, 0.2) is 24.4 Å². The Morgan fingerprint density at radius 1 is 1.00 bits per heavy atom. The highest BCUT2D eigenvalue weighted by atomic mass is 32.2. The van der Waals surface area contributed by atoms with E-state index in [-0.39, 0.29) is 25.9 Å². The van der Waals surface area contributed by atoms with Crippen LogP contribution in [0.5, 0.6) is 0 Å². The Bertz CT molecular complexity index is 1650. The minimum atomic E-state index is -4.11. The zero-order chi connectivity index (χ0) is 30.6. The van der Waals surface area contributed by atoms with Gasteiger partial charge in [-0.2, -0.15) is 10.1 Å². The van der Waals surface area contributed by atoms with E-state index in [2.05, 4.69) is 24.7 Å². The summed E-state index contributed by atoms with van der Waals surface area (Å²) in [5, 5.41) is 18.2. The fraction of sp³-hybridized carbons (Fsp3) is 0.536. The smallest absolute Gasteiger partial charge is 0.320 e. The number of sulfonamides is 1. The molecule has 3 fully saturated rings. The standard InChI is InChI=1S/C28H34F2N8O4S/c1-18-15-23(33-26(32-18)37-13-9-28(29,30)10-14-37)38-31-16-22(34-38)20-3-4-21(35-43(41,42)17-24(39)40)19(2)25(20)36-11-7-27(5-6-27)8-12-36/h3-4,15-16,35H,5-14,17H2,1-2H3,(H,39,40). The first kappa shape index (κ1) is 29.2. The number of carboxylic acid groups (broad SMARTS) is 1. The lowest BCUT2D eigenvalue weighted by molar-refractivity contribution is -0.134. The molecule has 0 atom stereocenters. The normalized spacial score (nSPS) is 19.4. The molecule has 2 aliphatic heterocycles. The number of hydrogen-bond donors (Lipinski definition) is 2. The Kier molecular flexibility index (Phi) is 7.26. The summed E-state index contributed by atoms with van der Waals surface area (Å²) in [6.45, 7) is 5.51. The van der Waals surface area contributed by atoms with Crippen molar-refractivity contribution in [3.05, 3.63) is 35.7 Å². The minimum Gasteiger partial charge on any atom is -0.480 e. The van der Waals surface area contributed by atoms with Crippen LogP contribution in [0, 0.1) is 19.3 Å². The molecular weight excluding hydrogens is 582 g/mol. The van der Waals surface area contributed by atoms with Gasteiger partial charge in [0.25, 0.3) is 5.92 Å². The number of halogens is 2. The zero-order valence-electron chi connectivity index (χ0n) is 24.1. The van der Waals surface area contributed by atoms with Crippen molar-refractivity contribution in [3.8, 4) is 17.1 Å². The summed E-state index contributed by atoms with van der Waals surface area (Å²) in [5.41, 5.74) is 4.14. The number of alkyl halides is 2. The number of anilines is 3. The van der Waals surface area contributed by atoms with Gasteiger partial charge in [0.05, 0.1) is 17.6 Å². The van der Waals surface area contributed by atoms with E-state index >= 15 is 0 Å².